The van der Waals surface area contributed by atoms with Crippen LogP contribution in [0.25, 0.3) is 0 Å². The van der Waals surface area contributed by atoms with Crippen molar-refractivity contribution in [2.45, 2.75) is 18.9 Å². The Morgan fingerprint density at radius 2 is 2.22 bits per heavy atom. The molecule has 0 aromatic carbocycles. The highest BCUT2D eigenvalue weighted by Crippen LogP contribution is 2.24. The zero-order valence-electron chi connectivity index (χ0n) is 5.55. The maximum absolute atomic E-state index is 10.8. The van der Waals surface area contributed by atoms with Crippen molar-refractivity contribution in [2.24, 2.45) is 11.7 Å². The number of carbonyl (C=O) groups excluding carboxylic acids is 1. The summed E-state index contributed by atoms with van der Waals surface area (Å²) in [6.45, 7) is 0. The Morgan fingerprint density at radius 1 is 1.67 bits per heavy atom. The van der Waals surface area contributed by atoms with Gasteiger partial charge in [0.05, 0.1) is 0 Å². The largest absolute Gasteiger partial charge is 0.359 e. The molecule has 3 heteroatoms. The average Bonchev–Trinajstić information content (AvgIpc) is 1.79. The minimum Gasteiger partial charge on any atom is -0.359 e. The molecule has 52 valence electrons. The SMILES string of the molecule is CNC(=O)[C@H]1C[C@H](N)C1. The quantitative estimate of drug-likeness (QED) is 0.498. The molecule has 0 aromatic rings. The van der Waals surface area contributed by atoms with E-state index in [1.165, 1.54) is 0 Å². The molecular weight excluding hydrogens is 116 g/mol. The van der Waals surface area contributed by atoms with Gasteiger partial charge in [-0.05, 0) is 12.8 Å². The molecule has 1 fully saturated rings. The van der Waals surface area contributed by atoms with Crippen LogP contribution in [0.15, 0.2) is 0 Å². The summed E-state index contributed by atoms with van der Waals surface area (Å²) in [6, 6.07) is 0.271. The maximum Gasteiger partial charge on any atom is 0.222 e. The molecule has 1 rings (SSSR count). The molecule has 1 amide bonds. The first-order valence-corrected chi connectivity index (χ1v) is 3.21. The van der Waals surface area contributed by atoms with E-state index >= 15 is 0 Å². The summed E-state index contributed by atoms with van der Waals surface area (Å²) in [5.41, 5.74) is 5.48. The van der Waals surface area contributed by atoms with E-state index in [-0.39, 0.29) is 17.9 Å². The minimum absolute atomic E-state index is 0.136. The van der Waals surface area contributed by atoms with Crippen molar-refractivity contribution in [1.29, 1.82) is 0 Å². The third kappa shape index (κ3) is 1.21. The summed E-state index contributed by atoms with van der Waals surface area (Å²) in [6.07, 6.45) is 1.72. The molecular formula is C6H12N2O. The molecule has 0 atom stereocenters. The monoisotopic (exact) mass is 128 g/mol. The summed E-state index contributed by atoms with van der Waals surface area (Å²) in [4.78, 5) is 10.8. The van der Waals surface area contributed by atoms with Gasteiger partial charge in [0.1, 0.15) is 0 Å². The summed E-state index contributed by atoms with van der Waals surface area (Å²) in [5, 5.41) is 2.59. The van der Waals surface area contributed by atoms with Gasteiger partial charge in [-0.3, -0.25) is 4.79 Å². The first kappa shape index (κ1) is 6.55. The van der Waals surface area contributed by atoms with E-state index in [4.69, 9.17) is 5.73 Å². The van der Waals surface area contributed by atoms with Crippen LogP contribution in [-0.4, -0.2) is 19.0 Å². The van der Waals surface area contributed by atoms with Gasteiger partial charge >= 0.3 is 0 Å². The molecule has 0 spiro atoms. The van der Waals surface area contributed by atoms with Gasteiger partial charge in [0.25, 0.3) is 0 Å². The maximum atomic E-state index is 10.8. The summed E-state index contributed by atoms with van der Waals surface area (Å²) >= 11 is 0. The highest BCUT2D eigenvalue weighted by molar-refractivity contribution is 5.79. The Hall–Kier alpha value is -0.570. The van der Waals surface area contributed by atoms with Crippen molar-refractivity contribution in [1.82, 2.24) is 5.32 Å². The molecule has 0 bridgehead atoms. The Kier molecular flexibility index (Phi) is 1.71. The highest BCUT2D eigenvalue weighted by atomic mass is 16.1. The van der Waals surface area contributed by atoms with Gasteiger partial charge in [-0.1, -0.05) is 0 Å². The Balaban J connectivity index is 2.23. The van der Waals surface area contributed by atoms with Crippen LogP contribution in [0, 0.1) is 5.92 Å². The van der Waals surface area contributed by atoms with Crippen LogP contribution >= 0.6 is 0 Å². The zero-order chi connectivity index (χ0) is 6.85. The molecule has 9 heavy (non-hydrogen) atoms. The van der Waals surface area contributed by atoms with Crippen LogP contribution in [0.2, 0.25) is 0 Å². The second-order valence-electron chi connectivity index (χ2n) is 2.54. The lowest BCUT2D eigenvalue weighted by Gasteiger charge is -2.30. The van der Waals surface area contributed by atoms with Crippen LogP contribution in [0.5, 0.6) is 0 Å². The number of nitrogens with one attached hydrogen (secondary N) is 1. The first-order valence-electron chi connectivity index (χ1n) is 3.21. The van der Waals surface area contributed by atoms with Gasteiger partial charge in [-0.15, -0.1) is 0 Å². The normalized spacial score (nSPS) is 33.1. The second-order valence-corrected chi connectivity index (χ2v) is 2.54. The summed E-state index contributed by atoms with van der Waals surface area (Å²) in [5.74, 6) is 0.335. The van der Waals surface area contributed by atoms with Crippen molar-refractivity contribution in [3.05, 3.63) is 0 Å². The van der Waals surface area contributed by atoms with E-state index in [1.807, 2.05) is 0 Å². The molecule has 0 radical (unpaired) electrons. The lowest BCUT2D eigenvalue weighted by atomic mass is 9.80. The fraction of sp³-hybridized carbons (Fsp3) is 0.833. The van der Waals surface area contributed by atoms with Crippen molar-refractivity contribution in [3.63, 3.8) is 0 Å². The fourth-order valence-electron chi connectivity index (χ4n) is 1.08. The first-order chi connectivity index (χ1) is 4.24. The Morgan fingerprint density at radius 3 is 2.56 bits per heavy atom. The van der Waals surface area contributed by atoms with Gasteiger partial charge in [0, 0.05) is 19.0 Å². The molecule has 0 saturated heterocycles. The average molecular weight is 128 g/mol. The molecule has 1 saturated carbocycles. The van der Waals surface area contributed by atoms with E-state index in [1.54, 1.807) is 7.05 Å². The number of hydrogen-bond acceptors (Lipinski definition) is 2. The number of nitrogens with two attached hydrogens (primary N) is 1. The smallest absolute Gasteiger partial charge is 0.222 e. The fourth-order valence-corrected chi connectivity index (χ4v) is 1.08. The zero-order valence-corrected chi connectivity index (χ0v) is 5.55. The van der Waals surface area contributed by atoms with Crippen LogP contribution in [0.3, 0.4) is 0 Å². The topological polar surface area (TPSA) is 55.1 Å². The summed E-state index contributed by atoms with van der Waals surface area (Å²) in [7, 11) is 1.66. The number of carbonyl (C=O) groups is 1. The van der Waals surface area contributed by atoms with Crippen molar-refractivity contribution in [2.75, 3.05) is 7.05 Å². The predicted molar refractivity (Wildman–Crippen MR) is 34.8 cm³/mol. The van der Waals surface area contributed by atoms with Gasteiger partial charge < -0.3 is 11.1 Å². The van der Waals surface area contributed by atoms with Crippen molar-refractivity contribution >= 4 is 5.91 Å². The van der Waals surface area contributed by atoms with Crippen molar-refractivity contribution in [3.8, 4) is 0 Å². The van der Waals surface area contributed by atoms with E-state index in [9.17, 15) is 4.79 Å². The predicted octanol–water partition coefficient (Wildman–Crippen LogP) is -0.530. The van der Waals surface area contributed by atoms with E-state index in [0.29, 0.717) is 0 Å². The number of amides is 1. The molecule has 3 N–H and O–H groups in total. The molecule has 0 aliphatic heterocycles. The van der Waals surface area contributed by atoms with Gasteiger partial charge in [0.15, 0.2) is 0 Å². The third-order valence-corrected chi connectivity index (χ3v) is 1.79. The Bertz CT molecular complexity index is 118. The minimum atomic E-state index is 0.136. The molecule has 0 heterocycles. The Labute approximate surface area is 54.6 Å². The van der Waals surface area contributed by atoms with Crippen LogP contribution in [-0.2, 0) is 4.79 Å². The molecule has 3 nitrogen and oxygen atoms in total. The highest BCUT2D eigenvalue weighted by Gasteiger charge is 2.30. The van der Waals surface area contributed by atoms with Gasteiger partial charge in [-0.2, -0.15) is 0 Å². The van der Waals surface area contributed by atoms with Gasteiger partial charge in [0.2, 0.25) is 5.91 Å². The number of hydrogen-bond donors (Lipinski definition) is 2. The summed E-state index contributed by atoms with van der Waals surface area (Å²) < 4.78 is 0. The number of rotatable bonds is 1. The van der Waals surface area contributed by atoms with Crippen LogP contribution < -0.4 is 11.1 Å². The lowest BCUT2D eigenvalue weighted by molar-refractivity contribution is -0.127. The van der Waals surface area contributed by atoms with E-state index in [0.717, 1.165) is 12.8 Å². The lowest BCUT2D eigenvalue weighted by Crippen LogP contribution is -2.44. The van der Waals surface area contributed by atoms with Crippen LogP contribution in [0.1, 0.15) is 12.8 Å². The van der Waals surface area contributed by atoms with Gasteiger partial charge in [-0.25, -0.2) is 0 Å². The molecule has 1 aliphatic rings. The molecule has 1 aliphatic carbocycles. The van der Waals surface area contributed by atoms with Crippen LogP contribution in [0.4, 0.5) is 0 Å². The molecule has 0 unspecified atom stereocenters. The second kappa shape index (κ2) is 2.35. The van der Waals surface area contributed by atoms with Crippen molar-refractivity contribution < 1.29 is 4.79 Å². The third-order valence-electron chi connectivity index (χ3n) is 1.79. The molecule has 0 aromatic heterocycles. The van der Waals surface area contributed by atoms with E-state index in [2.05, 4.69) is 5.32 Å². The standard InChI is InChI=1S/C6H12N2O/c1-8-6(9)4-2-5(7)3-4/h4-5H,2-3,7H2,1H3,(H,8,9)/t4-,5-. The van der Waals surface area contributed by atoms with E-state index < -0.39 is 0 Å².